The molecule has 0 heterocycles. The van der Waals surface area contributed by atoms with Crippen LogP contribution in [0.25, 0.3) is 0 Å². The SMILES string of the molecule is C[NH+](c1ccccc1)c1ccccc1.C[NH+](c1ccccc1)c1ccccc1.C[NH+](c1ccccc1)c1ccccc1.[O-]B([O-])[O-]. The molecule has 0 aliphatic rings. The highest BCUT2D eigenvalue weighted by atomic mass is 16.5. The van der Waals surface area contributed by atoms with Gasteiger partial charge < -0.3 is 15.1 Å². The maximum absolute atomic E-state index is 8.42. The highest BCUT2D eigenvalue weighted by molar-refractivity contribution is 6.24. The Morgan fingerprint density at radius 1 is 0.283 bits per heavy atom. The molecule has 0 unspecified atom stereocenters. The summed E-state index contributed by atoms with van der Waals surface area (Å²) in [6.45, 7) is 0. The van der Waals surface area contributed by atoms with Gasteiger partial charge in [-0.15, -0.1) is 0 Å². The van der Waals surface area contributed by atoms with Gasteiger partial charge in [0, 0.05) is 0 Å². The summed E-state index contributed by atoms with van der Waals surface area (Å²) in [5.74, 6) is 0. The first kappa shape index (κ1) is 35.6. The molecule has 234 valence electrons. The molecule has 0 radical (unpaired) electrons. The normalized spacial score (nSPS) is 10.1. The molecule has 46 heavy (non-hydrogen) atoms. The van der Waals surface area contributed by atoms with E-state index in [-0.39, 0.29) is 0 Å². The van der Waals surface area contributed by atoms with Gasteiger partial charge in [0.1, 0.15) is 34.1 Å². The van der Waals surface area contributed by atoms with Gasteiger partial charge in [-0.1, -0.05) is 109 Å². The van der Waals surface area contributed by atoms with Crippen LogP contribution >= 0.6 is 0 Å². The van der Waals surface area contributed by atoms with Crippen LogP contribution in [-0.4, -0.2) is 28.5 Å². The first-order valence-corrected chi connectivity index (χ1v) is 15.2. The summed E-state index contributed by atoms with van der Waals surface area (Å²) in [6, 6.07) is 62.8. The lowest BCUT2D eigenvalue weighted by Crippen LogP contribution is -2.98. The van der Waals surface area contributed by atoms with Crippen LogP contribution in [0.1, 0.15) is 0 Å². The molecule has 0 aliphatic carbocycles. The monoisotopic (exact) mass is 611 g/mol. The molecule has 6 nitrogen and oxygen atoms in total. The molecular weight excluding hydrogens is 569 g/mol. The molecule has 7 heteroatoms. The van der Waals surface area contributed by atoms with Gasteiger partial charge in [-0.2, -0.15) is 0 Å². The standard InChI is InChI=1S/3C13H13N.BO3/c3*1-14(12-8-4-2-5-9-12)13-10-6-3-7-11-13;2-1(3)4/h3*2-11H,1H3;/q;;;-3/p+3. The Bertz CT molecular complexity index is 1280. The number of quaternary nitrogens is 3. The van der Waals surface area contributed by atoms with Crippen LogP contribution in [-0.2, 0) is 0 Å². The predicted molar refractivity (Wildman–Crippen MR) is 183 cm³/mol. The summed E-state index contributed by atoms with van der Waals surface area (Å²) in [7, 11) is 3.56. The summed E-state index contributed by atoms with van der Waals surface area (Å²) < 4.78 is 0. The highest BCUT2D eigenvalue weighted by Gasteiger charge is 2.09. The fourth-order valence-electron chi connectivity index (χ4n) is 4.63. The van der Waals surface area contributed by atoms with Crippen LogP contribution in [0.3, 0.4) is 0 Å². The minimum absolute atomic E-state index is 1.29. The van der Waals surface area contributed by atoms with E-state index in [9.17, 15) is 0 Å². The maximum atomic E-state index is 8.42. The molecule has 0 atom stereocenters. The minimum atomic E-state index is -2.92. The number of para-hydroxylation sites is 6. The summed E-state index contributed by atoms with van der Waals surface area (Å²) in [6.07, 6.45) is 0. The molecule has 0 bridgehead atoms. The van der Waals surface area contributed by atoms with Crippen LogP contribution in [0.4, 0.5) is 34.1 Å². The Morgan fingerprint density at radius 2 is 0.391 bits per heavy atom. The smallest absolute Gasteiger partial charge is 0.136 e. The third-order valence-electron chi connectivity index (χ3n) is 7.24. The molecule has 0 aromatic heterocycles. The molecule has 0 aliphatic heterocycles. The van der Waals surface area contributed by atoms with Gasteiger partial charge in [0.2, 0.25) is 0 Å². The van der Waals surface area contributed by atoms with E-state index in [1.165, 1.54) is 48.8 Å². The first-order chi connectivity index (χ1) is 22.4. The van der Waals surface area contributed by atoms with E-state index in [1.807, 2.05) is 36.4 Å². The van der Waals surface area contributed by atoms with Crippen molar-refractivity contribution < 1.29 is 29.8 Å². The second kappa shape index (κ2) is 20.2. The fraction of sp³-hybridized carbons (Fsp3) is 0.0769. The summed E-state index contributed by atoms with van der Waals surface area (Å²) in [5.41, 5.74) is 7.74. The first-order valence-electron chi connectivity index (χ1n) is 15.2. The number of hydrogen-bond donors (Lipinski definition) is 3. The zero-order valence-corrected chi connectivity index (χ0v) is 26.6. The fourth-order valence-corrected chi connectivity index (χ4v) is 4.63. The van der Waals surface area contributed by atoms with Gasteiger partial charge in [-0.25, -0.2) is 0 Å². The van der Waals surface area contributed by atoms with E-state index < -0.39 is 7.32 Å². The molecule has 0 amide bonds. The number of nitrogens with one attached hydrogen (secondary N) is 3. The number of benzene rings is 6. The van der Waals surface area contributed by atoms with Crippen molar-refractivity contribution in [1.82, 2.24) is 0 Å². The van der Waals surface area contributed by atoms with Gasteiger partial charge in [-0.05, 0) is 72.8 Å². The van der Waals surface area contributed by atoms with E-state index in [4.69, 9.17) is 15.1 Å². The molecule has 0 saturated carbocycles. The molecular formula is C39H42BN3O3. The predicted octanol–water partition coefficient (Wildman–Crippen LogP) is 2.55. The lowest BCUT2D eigenvalue weighted by atomic mass is 10.2. The largest absolute Gasteiger partial charge is 0.907 e. The van der Waals surface area contributed by atoms with Gasteiger partial charge in [0.05, 0.1) is 21.1 Å². The molecule has 3 N–H and O–H groups in total. The van der Waals surface area contributed by atoms with Crippen molar-refractivity contribution in [2.75, 3.05) is 21.1 Å². The van der Waals surface area contributed by atoms with Gasteiger partial charge in [0.25, 0.3) is 0 Å². The quantitative estimate of drug-likeness (QED) is 0.254. The summed E-state index contributed by atoms with van der Waals surface area (Å²) in [4.78, 5) is 3.98. The van der Waals surface area contributed by atoms with E-state index in [1.54, 1.807) is 0 Å². The highest BCUT2D eigenvalue weighted by Crippen LogP contribution is 2.07. The lowest BCUT2D eigenvalue weighted by molar-refractivity contribution is -0.735. The third kappa shape index (κ3) is 12.6. The lowest BCUT2D eigenvalue weighted by Gasteiger charge is -2.35. The zero-order valence-electron chi connectivity index (χ0n) is 26.6. The van der Waals surface area contributed by atoms with E-state index in [0.717, 1.165) is 0 Å². The van der Waals surface area contributed by atoms with Crippen molar-refractivity contribution in [3.8, 4) is 0 Å². The topological polar surface area (TPSA) is 82.5 Å². The average Bonchev–Trinajstić information content (AvgIpc) is 3.13. The van der Waals surface area contributed by atoms with Crippen LogP contribution in [0.15, 0.2) is 182 Å². The molecule has 0 saturated heterocycles. The molecule has 6 aromatic carbocycles. The van der Waals surface area contributed by atoms with Crippen molar-refractivity contribution in [1.29, 1.82) is 0 Å². The zero-order chi connectivity index (χ0) is 33.0. The van der Waals surface area contributed by atoms with Crippen LogP contribution in [0.2, 0.25) is 0 Å². The molecule has 6 aromatic rings. The van der Waals surface area contributed by atoms with E-state index >= 15 is 0 Å². The maximum Gasteiger partial charge on any atom is 0.136 e. The third-order valence-corrected chi connectivity index (χ3v) is 7.24. The number of hydrogen-bond acceptors (Lipinski definition) is 3. The van der Waals surface area contributed by atoms with Crippen molar-refractivity contribution in [3.63, 3.8) is 0 Å². The minimum Gasteiger partial charge on any atom is -0.907 e. The Hall–Kier alpha value is -4.86. The van der Waals surface area contributed by atoms with Gasteiger partial charge in [0.15, 0.2) is 0 Å². The Kier molecular flexibility index (Phi) is 15.7. The van der Waals surface area contributed by atoms with Crippen molar-refractivity contribution in [2.24, 2.45) is 0 Å². The number of rotatable bonds is 6. The average molecular weight is 612 g/mol. The van der Waals surface area contributed by atoms with E-state index in [0.29, 0.717) is 0 Å². The van der Waals surface area contributed by atoms with Crippen molar-refractivity contribution in [3.05, 3.63) is 182 Å². The van der Waals surface area contributed by atoms with Crippen LogP contribution in [0.5, 0.6) is 0 Å². The Balaban J connectivity index is 0.000000177. The Morgan fingerprint density at radius 3 is 0.500 bits per heavy atom. The Labute approximate surface area is 273 Å². The molecule has 0 fully saturated rings. The van der Waals surface area contributed by atoms with E-state index in [2.05, 4.69) is 167 Å². The van der Waals surface area contributed by atoms with Crippen molar-refractivity contribution in [2.45, 2.75) is 0 Å². The summed E-state index contributed by atoms with van der Waals surface area (Å²) >= 11 is 0. The van der Waals surface area contributed by atoms with Gasteiger partial charge in [-0.3, -0.25) is 22.0 Å². The molecule has 0 spiro atoms. The van der Waals surface area contributed by atoms with Crippen molar-refractivity contribution >= 4 is 41.4 Å². The second-order valence-corrected chi connectivity index (χ2v) is 10.4. The van der Waals surface area contributed by atoms with Gasteiger partial charge >= 0.3 is 0 Å². The molecule has 6 rings (SSSR count). The van der Waals surface area contributed by atoms with Crippen LogP contribution in [0, 0.1) is 0 Å². The summed E-state index contributed by atoms with van der Waals surface area (Å²) in [5, 5.41) is 25.2. The van der Waals surface area contributed by atoms with Crippen LogP contribution < -0.4 is 29.8 Å². The second-order valence-electron chi connectivity index (χ2n) is 10.4.